The fraction of sp³-hybridized carbons (Fsp3) is 0.429. The Morgan fingerprint density at radius 3 is 2.73 bits per heavy atom. The average molecular weight is 153 g/mol. The third-order valence-electron chi connectivity index (χ3n) is 1.60. The van der Waals surface area contributed by atoms with Gasteiger partial charge in [-0.3, -0.25) is 4.79 Å². The van der Waals surface area contributed by atoms with Crippen LogP contribution in [0.3, 0.4) is 0 Å². The van der Waals surface area contributed by atoms with Crippen molar-refractivity contribution in [2.24, 2.45) is 5.92 Å². The van der Waals surface area contributed by atoms with E-state index in [2.05, 4.69) is 11.2 Å². The monoisotopic (exact) mass is 153 g/mol. The molecule has 0 spiro atoms. The van der Waals surface area contributed by atoms with Crippen molar-refractivity contribution in [1.29, 1.82) is 0 Å². The molecule has 2 unspecified atom stereocenters. The topological polar surface area (TPSA) is 66.4 Å². The normalized spacial score (nSPS) is 29.2. The zero-order chi connectivity index (χ0) is 8.43. The van der Waals surface area contributed by atoms with Gasteiger partial charge in [0.1, 0.15) is 12.0 Å². The molecule has 0 aromatic rings. The van der Waals surface area contributed by atoms with Crippen molar-refractivity contribution in [2.45, 2.75) is 12.5 Å². The average Bonchev–Trinajstić information content (AvgIpc) is 2.31. The Hall–Kier alpha value is -1.50. The van der Waals surface area contributed by atoms with E-state index >= 15 is 0 Å². The standard InChI is InChI=1S/C7H7NO3/c1-2-4-3-5(7(10)11)8-6(4)9/h1,4-5H,3H2,(H,8,9)(H,10,11). The van der Waals surface area contributed by atoms with Gasteiger partial charge < -0.3 is 10.4 Å². The highest BCUT2D eigenvalue weighted by atomic mass is 16.4. The van der Waals surface area contributed by atoms with Gasteiger partial charge in [0.2, 0.25) is 5.91 Å². The van der Waals surface area contributed by atoms with E-state index in [4.69, 9.17) is 11.5 Å². The molecule has 0 radical (unpaired) electrons. The molecule has 0 aromatic heterocycles. The van der Waals surface area contributed by atoms with Crippen LogP contribution < -0.4 is 5.32 Å². The SMILES string of the molecule is C#CC1CC(C(=O)O)NC1=O. The number of carbonyl (C=O) groups excluding carboxylic acids is 1. The first kappa shape index (κ1) is 7.61. The molecule has 0 bridgehead atoms. The number of carbonyl (C=O) groups is 2. The van der Waals surface area contributed by atoms with Crippen molar-refractivity contribution in [2.75, 3.05) is 0 Å². The second-order valence-electron chi connectivity index (χ2n) is 2.35. The number of nitrogens with one attached hydrogen (secondary N) is 1. The van der Waals surface area contributed by atoms with E-state index in [9.17, 15) is 9.59 Å². The molecule has 0 aliphatic carbocycles. The van der Waals surface area contributed by atoms with Gasteiger partial charge in [0.15, 0.2) is 0 Å². The molecular weight excluding hydrogens is 146 g/mol. The molecule has 1 heterocycles. The first-order valence-corrected chi connectivity index (χ1v) is 3.14. The number of hydrogen-bond acceptors (Lipinski definition) is 2. The third kappa shape index (κ3) is 1.32. The van der Waals surface area contributed by atoms with Crippen LogP contribution in [0.1, 0.15) is 6.42 Å². The quantitative estimate of drug-likeness (QED) is 0.485. The Labute approximate surface area is 63.6 Å². The van der Waals surface area contributed by atoms with E-state index in [1.807, 2.05) is 0 Å². The van der Waals surface area contributed by atoms with Gasteiger partial charge in [-0.2, -0.15) is 0 Å². The minimum Gasteiger partial charge on any atom is -0.480 e. The van der Waals surface area contributed by atoms with Crippen LogP contribution in [-0.4, -0.2) is 23.0 Å². The lowest BCUT2D eigenvalue weighted by molar-refractivity contribution is -0.140. The minimum absolute atomic E-state index is 0.199. The molecule has 1 fully saturated rings. The van der Waals surface area contributed by atoms with Crippen LogP contribution in [-0.2, 0) is 9.59 Å². The molecule has 2 N–H and O–H groups in total. The molecule has 1 aliphatic rings. The van der Waals surface area contributed by atoms with E-state index < -0.39 is 17.9 Å². The first-order valence-electron chi connectivity index (χ1n) is 3.14. The number of amides is 1. The largest absolute Gasteiger partial charge is 0.480 e. The Balaban J connectivity index is 2.65. The molecule has 4 nitrogen and oxygen atoms in total. The van der Waals surface area contributed by atoms with Gasteiger partial charge in [0.05, 0.1) is 0 Å². The zero-order valence-corrected chi connectivity index (χ0v) is 5.70. The number of terminal acetylenes is 1. The van der Waals surface area contributed by atoms with Crippen LogP contribution in [0.5, 0.6) is 0 Å². The molecule has 11 heavy (non-hydrogen) atoms. The molecule has 4 heteroatoms. The minimum atomic E-state index is -1.03. The molecule has 58 valence electrons. The molecule has 0 aromatic carbocycles. The van der Waals surface area contributed by atoms with Crippen molar-refractivity contribution in [3.05, 3.63) is 0 Å². The maximum absolute atomic E-state index is 10.8. The lowest BCUT2D eigenvalue weighted by atomic mass is 10.1. The zero-order valence-electron chi connectivity index (χ0n) is 5.70. The van der Waals surface area contributed by atoms with E-state index in [1.54, 1.807) is 0 Å². The highest BCUT2D eigenvalue weighted by Gasteiger charge is 2.34. The van der Waals surface area contributed by atoms with Crippen LogP contribution in [0, 0.1) is 18.3 Å². The van der Waals surface area contributed by atoms with Crippen molar-refractivity contribution in [3.8, 4) is 12.3 Å². The summed E-state index contributed by atoms with van der Waals surface area (Å²) in [5.74, 6) is 0.258. The molecule has 0 saturated carbocycles. The molecule has 1 amide bonds. The van der Waals surface area contributed by atoms with E-state index in [0.717, 1.165) is 0 Å². The van der Waals surface area contributed by atoms with Gasteiger partial charge in [-0.25, -0.2) is 4.79 Å². The fourth-order valence-electron chi connectivity index (χ4n) is 0.980. The van der Waals surface area contributed by atoms with Crippen LogP contribution in [0.25, 0.3) is 0 Å². The smallest absolute Gasteiger partial charge is 0.326 e. The highest BCUT2D eigenvalue weighted by Crippen LogP contribution is 2.13. The van der Waals surface area contributed by atoms with Gasteiger partial charge in [0.25, 0.3) is 0 Å². The van der Waals surface area contributed by atoms with Crippen LogP contribution >= 0.6 is 0 Å². The Morgan fingerprint density at radius 2 is 2.45 bits per heavy atom. The van der Waals surface area contributed by atoms with Gasteiger partial charge >= 0.3 is 5.97 Å². The predicted octanol–water partition coefficient (Wildman–Crippen LogP) is -0.791. The van der Waals surface area contributed by atoms with Crippen LogP contribution in [0.15, 0.2) is 0 Å². The van der Waals surface area contributed by atoms with E-state index in [0.29, 0.717) is 0 Å². The first-order chi connectivity index (χ1) is 5.15. The summed E-state index contributed by atoms with van der Waals surface area (Å²) in [4.78, 5) is 21.1. The predicted molar refractivity (Wildman–Crippen MR) is 36.5 cm³/mol. The number of carboxylic acids is 1. The second-order valence-corrected chi connectivity index (χ2v) is 2.35. The summed E-state index contributed by atoms with van der Waals surface area (Å²) in [7, 11) is 0. The van der Waals surface area contributed by atoms with E-state index in [-0.39, 0.29) is 12.3 Å². The van der Waals surface area contributed by atoms with Crippen LogP contribution in [0.2, 0.25) is 0 Å². The van der Waals surface area contributed by atoms with Gasteiger partial charge in [-0.05, 0) is 0 Å². The Morgan fingerprint density at radius 1 is 1.82 bits per heavy atom. The lowest BCUT2D eigenvalue weighted by Crippen LogP contribution is -2.32. The second kappa shape index (κ2) is 2.62. The maximum atomic E-state index is 10.8. The lowest BCUT2D eigenvalue weighted by Gasteiger charge is -1.99. The van der Waals surface area contributed by atoms with Crippen molar-refractivity contribution in [3.63, 3.8) is 0 Å². The van der Waals surface area contributed by atoms with Gasteiger partial charge in [-0.15, -0.1) is 6.42 Å². The fourth-order valence-corrected chi connectivity index (χ4v) is 0.980. The number of aliphatic carboxylic acids is 1. The summed E-state index contributed by atoms with van der Waals surface area (Å²) in [5.41, 5.74) is 0. The molecule has 1 rings (SSSR count). The van der Waals surface area contributed by atoms with Gasteiger partial charge in [-0.1, -0.05) is 5.92 Å². The van der Waals surface area contributed by atoms with Crippen molar-refractivity contribution < 1.29 is 14.7 Å². The molecular formula is C7H7NO3. The molecule has 1 aliphatic heterocycles. The highest BCUT2D eigenvalue weighted by molar-refractivity contribution is 5.90. The van der Waals surface area contributed by atoms with E-state index in [1.165, 1.54) is 0 Å². The summed E-state index contributed by atoms with van der Waals surface area (Å²) >= 11 is 0. The van der Waals surface area contributed by atoms with Crippen molar-refractivity contribution >= 4 is 11.9 Å². The summed E-state index contributed by atoms with van der Waals surface area (Å²) in [5, 5.41) is 10.7. The summed E-state index contributed by atoms with van der Waals surface area (Å²) < 4.78 is 0. The number of rotatable bonds is 1. The number of carboxylic acid groups (broad SMARTS) is 1. The third-order valence-corrected chi connectivity index (χ3v) is 1.60. The van der Waals surface area contributed by atoms with Crippen molar-refractivity contribution in [1.82, 2.24) is 5.32 Å². The Kier molecular flexibility index (Phi) is 1.81. The summed E-state index contributed by atoms with van der Waals surface area (Å²) in [6.45, 7) is 0. The number of hydrogen-bond donors (Lipinski definition) is 2. The maximum Gasteiger partial charge on any atom is 0.326 e. The van der Waals surface area contributed by atoms with Gasteiger partial charge in [0, 0.05) is 6.42 Å². The summed E-state index contributed by atoms with van der Waals surface area (Å²) in [6.07, 6.45) is 5.18. The Bertz CT molecular complexity index is 241. The summed E-state index contributed by atoms with van der Waals surface area (Å²) in [6, 6.07) is -0.802. The van der Waals surface area contributed by atoms with Crippen LogP contribution in [0.4, 0.5) is 0 Å². The molecule has 2 atom stereocenters. The molecule has 1 saturated heterocycles.